The quantitative estimate of drug-likeness (QED) is 0.829. The molecular weight excluding hydrogens is 276 g/mol. The first-order valence-corrected chi connectivity index (χ1v) is 7.39. The standard InChI is InChI=1S/C17H20N4O/c18-15-7-6-13(12-16(15)19)17(22)21-10-8-20(9-11-21)14-4-2-1-3-5-14/h1-7,12H,8-11,18-19H2. The number of hydrogen-bond donors (Lipinski definition) is 2. The van der Waals surface area contributed by atoms with E-state index >= 15 is 0 Å². The highest BCUT2D eigenvalue weighted by Crippen LogP contribution is 2.19. The zero-order valence-electron chi connectivity index (χ0n) is 12.4. The molecule has 114 valence electrons. The number of benzene rings is 2. The Balaban J connectivity index is 1.66. The molecule has 0 saturated carbocycles. The number of carbonyl (C=O) groups is 1. The fraction of sp³-hybridized carbons (Fsp3) is 0.235. The maximum Gasteiger partial charge on any atom is 0.254 e. The molecule has 0 aromatic heterocycles. The van der Waals surface area contributed by atoms with Crippen LogP contribution in [0.4, 0.5) is 17.1 Å². The van der Waals surface area contributed by atoms with E-state index in [0.717, 1.165) is 13.1 Å². The van der Waals surface area contributed by atoms with Gasteiger partial charge in [0.05, 0.1) is 11.4 Å². The molecule has 1 amide bonds. The number of rotatable bonds is 2. The number of nitrogens with two attached hydrogens (primary N) is 2. The smallest absolute Gasteiger partial charge is 0.254 e. The Morgan fingerprint density at radius 3 is 2.18 bits per heavy atom. The molecule has 0 radical (unpaired) electrons. The van der Waals surface area contributed by atoms with Gasteiger partial charge in [0.2, 0.25) is 0 Å². The van der Waals surface area contributed by atoms with Crippen molar-refractivity contribution in [2.45, 2.75) is 0 Å². The van der Waals surface area contributed by atoms with Crippen LogP contribution in [-0.4, -0.2) is 37.0 Å². The van der Waals surface area contributed by atoms with Gasteiger partial charge in [-0.25, -0.2) is 0 Å². The Labute approximate surface area is 130 Å². The SMILES string of the molecule is Nc1ccc(C(=O)N2CCN(c3ccccc3)CC2)cc1N. The maximum absolute atomic E-state index is 12.5. The first-order chi connectivity index (χ1) is 10.6. The Morgan fingerprint density at radius 2 is 1.55 bits per heavy atom. The number of hydrogen-bond acceptors (Lipinski definition) is 4. The molecule has 0 atom stereocenters. The van der Waals surface area contributed by atoms with Gasteiger partial charge in [0, 0.05) is 37.4 Å². The molecule has 1 heterocycles. The van der Waals surface area contributed by atoms with Crippen molar-refractivity contribution in [1.29, 1.82) is 0 Å². The molecule has 4 N–H and O–H groups in total. The van der Waals surface area contributed by atoms with Gasteiger partial charge in [-0.15, -0.1) is 0 Å². The van der Waals surface area contributed by atoms with E-state index in [2.05, 4.69) is 17.0 Å². The third-order valence-corrected chi connectivity index (χ3v) is 4.02. The maximum atomic E-state index is 12.5. The Bertz CT molecular complexity index is 664. The second-order valence-corrected chi connectivity index (χ2v) is 5.46. The van der Waals surface area contributed by atoms with Crippen molar-refractivity contribution < 1.29 is 4.79 Å². The summed E-state index contributed by atoms with van der Waals surface area (Å²) in [4.78, 5) is 16.7. The van der Waals surface area contributed by atoms with Crippen molar-refractivity contribution in [1.82, 2.24) is 4.90 Å². The Morgan fingerprint density at radius 1 is 0.864 bits per heavy atom. The van der Waals surface area contributed by atoms with Crippen LogP contribution in [0.15, 0.2) is 48.5 Å². The number of piperazine rings is 1. The van der Waals surface area contributed by atoms with Gasteiger partial charge in [-0.1, -0.05) is 18.2 Å². The lowest BCUT2D eigenvalue weighted by Crippen LogP contribution is -2.48. The molecule has 22 heavy (non-hydrogen) atoms. The van der Waals surface area contributed by atoms with E-state index in [1.165, 1.54) is 5.69 Å². The molecule has 0 aliphatic carbocycles. The highest BCUT2D eigenvalue weighted by atomic mass is 16.2. The first kappa shape index (κ1) is 14.3. The molecule has 1 saturated heterocycles. The minimum Gasteiger partial charge on any atom is -0.397 e. The molecule has 3 rings (SSSR count). The molecule has 0 bridgehead atoms. The predicted octanol–water partition coefficient (Wildman–Crippen LogP) is 1.81. The summed E-state index contributed by atoms with van der Waals surface area (Å²) < 4.78 is 0. The van der Waals surface area contributed by atoms with Crippen LogP contribution in [0.3, 0.4) is 0 Å². The lowest BCUT2D eigenvalue weighted by molar-refractivity contribution is 0.0747. The third-order valence-electron chi connectivity index (χ3n) is 4.02. The molecule has 0 unspecified atom stereocenters. The topological polar surface area (TPSA) is 75.6 Å². The van der Waals surface area contributed by atoms with Crippen molar-refractivity contribution in [3.63, 3.8) is 0 Å². The van der Waals surface area contributed by atoms with E-state index in [4.69, 9.17) is 11.5 Å². The molecule has 2 aromatic rings. The lowest BCUT2D eigenvalue weighted by atomic mass is 10.1. The summed E-state index contributed by atoms with van der Waals surface area (Å²) in [7, 11) is 0. The predicted molar refractivity (Wildman–Crippen MR) is 89.8 cm³/mol. The van der Waals surface area contributed by atoms with E-state index < -0.39 is 0 Å². The van der Waals surface area contributed by atoms with Gasteiger partial charge in [0.1, 0.15) is 0 Å². The highest BCUT2D eigenvalue weighted by molar-refractivity contribution is 5.96. The summed E-state index contributed by atoms with van der Waals surface area (Å²) in [6.07, 6.45) is 0. The van der Waals surface area contributed by atoms with E-state index in [-0.39, 0.29) is 5.91 Å². The number of carbonyl (C=O) groups excluding carboxylic acids is 1. The Kier molecular flexibility index (Phi) is 3.87. The van der Waals surface area contributed by atoms with Gasteiger partial charge in [-0.2, -0.15) is 0 Å². The summed E-state index contributed by atoms with van der Waals surface area (Å²) in [5.74, 6) is 0.0133. The molecule has 1 fully saturated rings. The fourth-order valence-electron chi connectivity index (χ4n) is 2.70. The molecule has 5 nitrogen and oxygen atoms in total. The van der Waals surface area contributed by atoms with Crippen molar-refractivity contribution in [2.24, 2.45) is 0 Å². The number of para-hydroxylation sites is 1. The van der Waals surface area contributed by atoms with Crippen LogP contribution < -0.4 is 16.4 Å². The van der Waals surface area contributed by atoms with E-state index in [9.17, 15) is 4.79 Å². The van der Waals surface area contributed by atoms with Crippen LogP contribution in [0.2, 0.25) is 0 Å². The van der Waals surface area contributed by atoms with Crippen molar-refractivity contribution in [3.8, 4) is 0 Å². The summed E-state index contributed by atoms with van der Waals surface area (Å²) in [5.41, 5.74) is 14.2. The van der Waals surface area contributed by atoms with E-state index in [1.807, 2.05) is 23.1 Å². The average molecular weight is 296 g/mol. The lowest BCUT2D eigenvalue weighted by Gasteiger charge is -2.36. The fourth-order valence-corrected chi connectivity index (χ4v) is 2.70. The molecule has 0 spiro atoms. The van der Waals surface area contributed by atoms with E-state index in [0.29, 0.717) is 30.0 Å². The van der Waals surface area contributed by atoms with Gasteiger partial charge in [0.15, 0.2) is 0 Å². The minimum absolute atomic E-state index is 0.0133. The zero-order valence-corrected chi connectivity index (χ0v) is 12.4. The Hall–Kier alpha value is -2.69. The van der Waals surface area contributed by atoms with Gasteiger partial charge in [0.25, 0.3) is 5.91 Å². The normalized spacial score (nSPS) is 14.9. The van der Waals surface area contributed by atoms with Crippen LogP contribution in [-0.2, 0) is 0 Å². The summed E-state index contributed by atoms with van der Waals surface area (Å²) >= 11 is 0. The number of nitrogen functional groups attached to an aromatic ring is 2. The van der Waals surface area contributed by atoms with Crippen LogP contribution in [0.1, 0.15) is 10.4 Å². The summed E-state index contributed by atoms with van der Waals surface area (Å²) in [6, 6.07) is 15.3. The van der Waals surface area contributed by atoms with Crippen LogP contribution in [0.25, 0.3) is 0 Å². The van der Waals surface area contributed by atoms with Gasteiger partial charge in [-0.05, 0) is 30.3 Å². The summed E-state index contributed by atoms with van der Waals surface area (Å²) in [6.45, 7) is 3.08. The zero-order chi connectivity index (χ0) is 15.5. The largest absolute Gasteiger partial charge is 0.397 e. The second kappa shape index (κ2) is 5.97. The monoisotopic (exact) mass is 296 g/mol. The molecular formula is C17H20N4O. The minimum atomic E-state index is 0.0133. The van der Waals surface area contributed by atoms with Crippen molar-refractivity contribution in [3.05, 3.63) is 54.1 Å². The van der Waals surface area contributed by atoms with Gasteiger partial charge >= 0.3 is 0 Å². The van der Waals surface area contributed by atoms with E-state index in [1.54, 1.807) is 18.2 Å². The molecule has 1 aliphatic rings. The average Bonchev–Trinajstić information content (AvgIpc) is 2.58. The molecule has 2 aromatic carbocycles. The number of anilines is 3. The number of nitrogens with zero attached hydrogens (tertiary/aromatic N) is 2. The first-order valence-electron chi connectivity index (χ1n) is 7.39. The molecule has 1 aliphatic heterocycles. The van der Waals surface area contributed by atoms with Gasteiger partial charge < -0.3 is 21.3 Å². The number of amides is 1. The highest BCUT2D eigenvalue weighted by Gasteiger charge is 2.22. The van der Waals surface area contributed by atoms with Gasteiger partial charge in [-0.3, -0.25) is 4.79 Å². The second-order valence-electron chi connectivity index (χ2n) is 5.46. The van der Waals surface area contributed by atoms with Crippen molar-refractivity contribution >= 4 is 23.0 Å². The van der Waals surface area contributed by atoms with Crippen LogP contribution >= 0.6 is 0 Å². The van der Waals surface area contributed by atoms with Crippen LogP contribution in [0, 0.1) is 0 Å². The molecule has 5 heteroatoms. The van der Waals surface area contributed by atoms with Crippen molar-refractivity contribution in [2.75, 3.05) is 42.5 Å². The third kappa shape index (κ3) is 2.83. The van der Waals surface area contributed by atoms with Crippen LogP contribution in [0.5, 0.6) is 0 Å². The summed E-state index contributed by atoms with van der Waals surface area (Å²) in [5, 5.41) is 0.